The Morgan fingerprint density at radius 3 is 2.68 bits per heavy atom. The van der Waals surface area contributed by atoms with Crippen LogP contribution in [0.15, 0.2) is 40.9 Å². The molecule has 0 atom stereocenters. The summed E-state index contributed by atoms with van der Waals surface area (Å²) in [6.07, 6.45) is 0.350. The standard InChI is InChI=1S/C15H13BrN2O/c1-18(8-2-7-17)15(19)13-4-3-12-10-14(16)6-5-11(12)9-13/h3-6,9-10H,2,8H2,1H3. The molecular formula is C15H13BrN2O. The topological polar surface area (TPSA) is 44.1 Å². The zero-order valence-corrected chi connectivity index (χ0v) is 12.1. The Morgan fingerprint density at radius 1 is 1.26 bits per heavy atom. The third kappa shape index (κ3) is 3.12. The summed E-state index contributed by atoms with van der Waals surface area (Å²) < 4.78 is 1.02. The second-order valence-electron chi connectivity index (χ2n) is 4.34. The fourth-order valence-electron chi connectivity index (χ4n) is 1.89. The van der Waals surface area contributed by atoms with Gasteiger partial charge in [0, 0.05) is 23.6 Å². The van der Waals surface area contributed by atoms with Crippen LogP contribution in [0.5, 0.6) is 0 Å². The molecule has 0 saturated carbocycles. The van der Waals surface area contributed by atoms with Crippen LogP contribution in [-0.2, 0) is 0 Å². The molecule has 3 nitrogen and oxygen atoms in total. The maximum absolute atomic E-state index is 12.2. The van der Waals surface area contributed by atoms with Crippen molar-refractivity contribution in [3.63, 3.8) is 0 Å². The van der Waals surface area contributed by atoms with Crippen molar-refractivity contribution in [1.82, 2.24) is 4.90 Å². The van der Waals surface area contributed by atoms with Gasteiger partial charge in [-0.15, -0.1) is 0 Å². The van der Waals surface area contributed by atoms with Gasteiger partial charge < -0.3 is 4.90 Å². The lowest BCUT2D eigenvalue weighted by atomic mass is 10.1. The third-order valence-electron chi connectivity index (χ3n) is 2.95. The Balaban J connectivity index is 2.28. The number of nitrogens with zero attached hydrogens (tertiary/aromatic N) is 2. The zero-order valence-electron chi connectivity index (χ0n) is 10.6. The second kappa shape index (κ2) is 5.85. The van der Waals surface area contributed by atoms with Crippen molar-refractivity contribution in [2.45, 2.75) is 6.42 Å². The molecule has 0 aliphatic rings. The average Bonchev–Trinajstić information content (AvgIpc) is 2.43. The van der Waals surface area contributed by atoms with Gasteiger partial charge in [0.15, 0.2) is 0 Å². The molecule has 2 rings (SSSR count). The highest BCUT2D eigenvalue weighted by Gasteiger charge is 2.11. The van der Waals surface area contributed by atoms with Crippen molar-refractivity contribution in [2.75, 3.05) is 13.6 Å². The Hall–Kier alpha value is -1.86. The summed E-state index contributed by atoms with van der Waals surface area (Å²) in [6, 6.07) is 13.6. The first-order valence-electron chi connectivity index (χ1n) is 5.93. The van der Waals surface area contributed by atoms with Crippen LogP contribution in [-0.4, -0.2) is 24.4 Å². The Labute approximate surface area is 120 Å². The molecule has 0 aliphatic heterocycles. The van der Waals surface area contributed by atoms with E-state index in [1.165, 1.54) is 0 Å². The summed E-state index contributed by atoms with van der Waals surface area (Å²) in [5.41, 5.74) is 0.648. The fourth-order valence-corrected chi connectivity index (χ4v) is 2.27. The summed E-state index contributed by atoms with van der Waals surface area (Å²) in [5.74, 6) is -0.0555. The maximum atomic E-state index is 12.2. The molecule has 0 spiro atoms. The molecule has 2 aromatic carbocycles. The molecular weight excluding hydrogens is 304 g/mol. The van der Waals surface area contributed by atoms with E-state index < -0.39 is 0 Å². The van der Waals surface area contributed by atoms with Gasteiger partial charge in [0.05, 0.1) is 12.5 Å². The van der Waals surface area contributed by atoms with Crippen LogP contribution in [0.1, 0.15) is 16.8 Å². The van der Waals surface area contributed by atoms with Crippen LogP contribution in [0.3, 0.4) is 0 Å². The Kier molecular flexibility index (Phi) is 4.18. The average molecular weight is 317 g/mol. The van der Waals surface area contributed by atoms with Gasteiger partial charge in [-0.1, -0.05) is 28.1 Å². The van der Waals surface area contributed by atoms with Crippen molar-refractivity contribution < 1.29 is 4.79 Å². The molecule has 1 amide bonds. The van der Waals surface area contributed by atoms with Crippen molar-refractivity contribution in [3.05, 3.63) is 46.4 Å². The van der Waals surface area contributed by atoms with E-state index in [4.69, 9.17) is 5.26 Å². The molecule has 0 bridgehead atoms. The summed E-state index contributed by atoms with van der Waals surface area (Å²) in [5, 5.41) is 10.7. The first-order valence-corrected chi connectivity index (χ1v) is 6.73. The lowest BCUT2D eigenvalue weighted by molar-refractivity contribution is 0.0798. The van der Waals surface area contributed by atoms with Gasteiger partial charge in [0.2, 0.25) is 0 Å². The van der Waals surface area contributed by atoms with E-state index in [-0.39, 0.29) is 5.91 Å². The number of carbonyl (C=O) groups excluding carboxylic acids is 1. The van der Waals surface area contributed by atoms with E-state index in [0.717, 1.165) is 15.2 Å². The molecule has 2 aromatic rings. The monoisotopic (exact) mass is 316 g/mol. The number of rotatable bonds is 3. The number of carbonyl (C=O) groups is 1. The van der Waals surface area contributed by atoms with Gasteiger partial charge in [-0.25, -0.2) is 0 Å². The molecule has 4 heteroatoms. The van der Waals surface area contributed by atoms with Crippen molar-refractivity contribution >= 4 is 32.6 Å². The van der Waals surface area contributed by atoms with E-state index in [0.29, 0.717) is 18.5 Å². The van der Waals surface area contributed by atoms with E-state index in [1.54, 1.807) is 11.9 Å². The van der Waals surface area contributed by atoms with Crippen molar-refractivity contribution in [1.29, 1.82) is 5.26 Å². The molecule has 0 N–H and O–H groups in total. The SMILES string of the molecule is CN(CCC#N)C(=O)c1ccc2cc(Br)ccc2c1. The van der Waals surface area contributed by atoms with Gasteiger partial charge >= 0.3 is 0 Å². The minimum Gasteiger partial charge on any atom is -0.341 e. The molecule has 0 aliphatic carbocycles. The van der Waals surface area contributed by atoms with Gasteiger partial charge in [-0.3, -0.25) is 4.79 Å². The molecule has 0 aromatic heterocycles. The maximum Gasteiger partial charge on any atom is 0.253 e. The van der Waals surface area contributed by atoms with E-state index >= 15 is 0 Å². The van der Waals surface area contributed by atoms with E-state index in [2.05, 4.69) is 15.9 Å². The van der Waals surface area contributed by atoms with Crippen molar-refractivity contribution in [2.24, 2.45) is 0 Å². The lowest BCUT2D eigenvalue weighted by Gasteiger charge is -2.15. The molecule has 0 fully saturated rings. The predicted octanol–water partition coefficient (Wildman–Crippen LogP) is 3.59. The highest BCUT2D eigenvalue weighted by molar-refractivity contribution is 9.10. The highest BCUT2D eigenvalue weighted by Crippen LogP contribution is 2.21. The van der Waals surface area contributed by atoms with Gasteiger partial charge in [-0.05, 0) is 35.0 Å². The molecule has 0 unspecified atom stereocenters. The number of nitriles is 1. The molecule has 0 radical (unpaired) electrons. The summed E-state index contributed by atoms with van der Waals surface area (Å²) in [4.78, 5) is 13.7. The van der Waals surface area contributed by atoms with Crippen LogP contribution >= 0.6 is 15.9 Å². The number of hydrogen-bond acceptors (Lipinski definition) is 2. The molecule has 96 valence electrons. The number of halogens is 1. The highest BCUT2D eigenvalue weighted by atomic mass is 79.9. The minimum absolute atomic E-state index is 0.0555. The largest absolute Gasteiger partial charge is 0.341 e. The third-order valence-corrected chi connectivity index (χ3v) is 3.45. The molecule has 0 saturated heterocycles. The first kappa shape index (κ1) is 13.6. The number of benzene rings is 2. The van der Waals surface area contributed by atoms with Crippen LogP contribution in [0.4, 0.5) is 0 Å². The van der Waals surface area contributed by atoms with Gasteiger partial charge in [0.1, 0.15) is 0 Å². The number of hydrogen-bond donors (Lipinski definition) is 0. The fraction of sp³-hybridized carbons (Fsp3) is 0.200. The number of fused-ring (bicyclic) bond motifs is 1. The first-order chi connectivity index (χ1) is 9.11. The smallest absolute Gasteiger partial charge is 0.253 e. The van der Waals surface area contributed by atoms with Crippen LogP contribution in [0, 0.1) is 11.3 Å². The summed E-state index contributed by atoms with van der Waals surface area (Å²) >= 11 is 3.43. The zero-order chi connectivity index (χ0) is 13.8. The quantitative estimate of drug-likeness (QED) is 0.868. The second-order valence-corrected chi connectivity index (χ2v) is 5.26. The summed E-state index contributed by atoms with van der Waals surface area (Å²) in [6.45, 7) is 0.452. The minimum atomic E-state index is -0.0555. The lowest BCUT2D eigenvalue weighted by Crippen LogP contribution is -2.27. The normalized spacial score (nSPS) is 10.2. The molecule has 0 heterocycles. The van der Waals surface area contributed by atoms with E-state index in [9.17, 15) is 4.79 Å². The van der Waals surface area contributed by atoms with Crippen LogP contribution in [0.25, 0.3) is 10.8 Å². The summed E-state index contributed by atoms with van der Waals surface area (Å²) in [7, 11) is 1.71. The Morgan fingerprint density at radius 2 is 1.95 bits per heavy atom. The van der Waals surface area contributed by atoms with Crippen molar-refractivity contribution in [3.8, 4) is 6.07 Å². The van der Waals surface area contributed by atoms with Crippen LogP contribution in [0.2, 0.25) is 0 Å². The van der Waals surface area contributed by atoms with Gasteiger partial charge in [-0.2, -0.15) is 5.26 Å². The van der Waals surface area contributed by atoms with Gasteiger partial charge in [0.25, 0.3) is 5.91 Å². The van der Waals surface area contributed by atoms with E-state index in [1.807, 2.05) is 42.5 Å². The molecule has 19 heavy (non-hydrogen) atoms. The number of amides is 1. The van der Waals surface area contributed by atoms with Crippen LogP contribution < -0.4 is 0 Å². The Bertz CT molecular complexity index is 661. The predicted molar refractivity (Wildman–Crippen MR) is 78.8 cm³/mol.